The first-order valence-corrected chi connectivity index (χ1v) is 9.87. The monoisotopic (exact) mass is 398 g/mol. The minimum absolute atomic E-state index is 0.0735. The molecule has 7 heteroatoms. The van der Waals surface area contributed by atoms with Gasteiger partial charge in [0.05, 0.1) is 19.8 Å². The van der Waals surface area contributed by atoms with E-state index in [-0.39, 0.29) is 37.0 Å². The first kappa shape index (κ1) is 23.2. The van der Waals surface area contributed by atoms with E-state index in [9.17, 15) is 9.59 Å². The molecule has 0 spiro atoms. The number of anilines is 1. The molecule has 2 amide bonds. The summed E-state index contributed by atoms with van der Waals surface area (Å²) in [6, 6.07) is 5.42. The molecule has 0 aliphatic carbocycles. The maximum Gasteiger partial charge on any atom is 0.279 e. The first-order chi connectivity index (χ1) is 12.7. The molecule has 0 saturated carbocycles. The molecule has 0 aliphatic heterocycles. The number of hydrogen-bond donors (Lipinski definition) is 2. The van der Waals surface area contributed by atoms with Gasteiger partial charge in [-0.05, 0) is 44.9 Å². The molecule has 1 aromatic carbocycles. The van der Waals surface area contributed by atoms with Gasteiger partial charge in [-0.2, -0.15) is 0 Å². The van der Waals surface area contributed by atoms with Crippen molar-refractivity contribution in [2.45, 2.75) is 52.6 Å². The molecule has 1 rings (SSSR count). The van der Waals surface area contributed by atoms with Gasteiger partial charge in [0.2, 0.25) is 0 Å². The van der Waals surface area contributed by atoms with E-state index in [2.05, 4.69) is 33.0 Å². The average molecular weight is 399 g/mol. The van der Waals surface area contributed by atoms with Gasteiger partial charge in [0.1, 0.15) is 5.75 Å². The Morgan fingerprint density at radius 3 is 2.30 bits per heavy atom. The molecule has 0 saturated heterocycles. The van der Waals surface area contributed by atoms with Crippen molar-refractivity contribution in [3.8, 4) is 5.75 Å². The number of carbonyl (C=O) groups excluding carboxylic acids is 2. The predicted molar refractivity (Wildman–Crippen MR) is 110 cm³/mol. The van der Waals surface area contributed by atoms with Crippen LogP contribution in [0, 0.1) is 0 Å². The van der Waals surface area contributed by atoms with Crippen molar-refractivity contribution < 1.29 is 19.2 Å². The summed E-state index contributed by atoms with van der Waals surface area (Å²) in [6.07, 6.45) is 1.81. The molecule has 0 bridgehead atoms. The van der Waals surface area contributed by atoms with Gasteiger partial charge in [0, 0.05) is 17.1 Å². The lowest BCUT2D eigenvalue weighted by Gasteiger charge is -2.34. The van der Waals surface area contributed by atoms with E-state index in [1.54, 1.807) is 18.2 Å². The van der Waals surface area contributed by atoms with Crippen LogP contribution in [0.3, 0.4) is 0 Å². The number of quaternary nitrogens is 1. The fourth-order valence-electron chi connectivity index (χ4n) is 2.98. The zero-order chi connectivity index (χ0) is 20.6. The van der Waals surface area contributed by atoms with Gasteiger partial charge >= 0.3 is 0 Å². The number of nitrogens with one attached hydrogen (secondary N) is 2. The van der Waals surface area contributed by atoms with Crippen molar-refractivity contribution in [1.82, 2.24) is 4.90 Å². The average Bonchev–Trinajstić information content (AvgIpc) is 2.61. The second-order valence-corrected chi connectivity index (χ2v) is 7.46. The molecule has 1 aromatic rings. The molecule has 3 atom stereocenters. The van der Waals surface area contributed by atoms with Crippen molar-refractivity contribution in [2.24, 2.45) is 0 Å². The van der Waals surface area contributed by atoms with Crippen LogP contribution in [0.1, 0.15) is 40.5 Å². The molecule has 0 heterocycles. The fourth-order valence-corrected chi connectivity index (χ4v) is 3.15. The summed E-state index contributed by atoms with van der Waals surface area (Å²) in [6.45, 7) is 8.74. The summed E-state index contributed by atoms with van der Waals surface area (Å²) >= 11 is 5.99. The summed E-state index contributed by atoms with van der Waals surface area (Å²) in [5.41, 5.74) is 0.523. The lowest BCUT2D eigenvalue weighted by molar-refractivity contribution is -0.862. The third-order valence-corrected chi connectivity index (χ3v) is 5.01. The van der Waals surface area contributed by atoms with E-state index in [1.807, 2.05) is 11.9 Å². The number of nitrogens with zero attached hydrogens (tertiary/aromatic N) is 1. The van der Waals surface area contributed by atoms with Crippen molar-refractivity contribution in [2.75, 3.05) is 32.6 Å². The Bertz CT molecular complexity index is 629. The number of amides is 2. The highest BCUT2D eigenvalue weighted by Crippen LogP contribution is 2.27. The Balaban J connectivity index is 2.70. The smallest absolute Gasteiger partial charge is 0.279 e. The van der Waals surface area contributed by atoms with Crippen molar-refractivity contribution in [1.29, 1.82) is 0 Å². The van der Waals surface area contributed by atoms with E-state index >= 15 is 0 Å². The molecule has 0 aromatic heterocycles. The highest BCUT2D eigenvalue weighted by atomic mass is 35.5. The normalized spacial score (nSPS) is 14.2. The van der Waals surface area contributed by atoms with Crippen LogP contribution in [-0.4, -0.2) is 56.0 Å². The minimum atomic E-state index is -0.195. The Hall–Kier alpha value is -1.79. The summed E-state index contributed by atoms with van der Waals surface area (Å²) in [5.74, 6) is 0.421. The summed E-state index contributed by atoms with van der Waals surface area (Å²) < 4.78 is 5.24. The molecule has 1 unspecified atom stereocenters. The van der Waals surface area contributed by atoms with Gasteiger partial charge in [0.25, 0.3) is 11.8 Å². The van der Waals surface area contributed by atoms with Crippen LogP contribution in [0.5, 0.6) is 5.75 Å². The van der Waals surface area contributed by atoms with Gasteiger partial charge in [-0.25, -0.2) is 0 Å². The third kappa shape index (κ3) is 7.03. The molecule has 2 N–H and O–H groups in total. The van der Waals surface area contributed by atoms with Gasteiger partial charge in [-0.15, -0.1) is 0 Å². The Morgan fingerprint density at radius 1 is 1.19 bits per heavy atom. The van der Waals surface area contributed by atoms with Crippen LogP contribution in [0.15, 0.2) is 18.2 Å². The summed E-state index contributed by atoms with van der Waals surface area (Å²) in [7, 11) is 3.38. The maximum atomic E-state index is 12.8. The molecule has 0 radical (unpaired) electrons. The standard InChI is InChI=1S/C20H32ClN3O3/c1-7-14(3)24(15(4)8-2)20(26)13-23(5)12-19(25)22-17-11-16(21)9-10-18(17)27-6/h9-11,14-15H,7-8,12-13H2,1-6H3,(H,22,25)/p+1/t14-,15-/m0/s1. The van der Waals surface area contributed by atoms with Crippen molar-refractivity contribution in [3.05, 3.63) is 23.2 Å². The molecule has 27 heavy (non-hydrogen) atoms. The Labute approximate surface area is 167 Å². The van der Waals surface area contributed by atoms with E-state index in [0.717, 1.165) is 17.7 Å². The largest absolute Gasteiger partial charge is 0.495 e. The highest BCUT2D eigenvalue weighted by molar-refractivity contribution is 6.31. The van der Waals surface area contributed by atoms with Crippen molar-refractivity contribution >= 4 is 29.1 Å². The number of likely N-dealkylation sites (N-methyl/N-ethyl adjacent to an activating group) is 1. The fraction of sp³-hybridized carbons (Fsp3) is 0.600. The van der Waals surface area contributed by atoms with E-state index in [0.29, 0.717) is 16.5 Å². The minimum Gasteiger partial charge on any atom is -0.495 e. The molecule has 6 nitrogen and oxygen atoms in total. The quantitative estimate of drug-likeness (QED) is 0.635. The van der Waals surface area contributed by atoms with E-state index in [4.69, 9.17) is 16.3 Å². The highest BCUT2D eigenvalue weighted by Gasteiger charge is 2.26. The zero-order valence-electron chi connectivity index (χ0n) is 17.3. The maximum absolute atomic E-state index is 12.8. The molecule has 152 valence electrons. The molecular weight excluding hydrogens is 366 g/mol. The molecule has 0 fully saturated rings. The third-order valence-electron chi connectivity index (χ3n) is 4.77. The second kappa shape index (κ2) is 11.1. The summed E-state index contributed by atoms with van der Waals surface area (Å²) in [5, 5.41) is 3.32. The van der Waals surface area contributed by atoms with Crippen LogP contribution in [0.4, 0.5) is 5.69 Å². The number of halogens is 1. The number of carbonyl (C=O) groups is 2. The SMILES string of the molecule is CC[C@H](C)N(C(=O)C[NH+](C)CC(=O)Nc1cc(Cl)ccc1OC)[C@@H](C)CC. The van der Waals surface area contributed by atoms with Crippen molar-refractivity contribution in [3.63, 3.8) is 0 Å². The van der Waals surface area contributed by atoms with E-state index < -0.39 is 0 Å². The van der Waals surface area contributed by atoms with Crippen LogP contribution >= 0.6 is 11.6 Å². The van der Waals surface area contributed by atoms with E-state index in [1.165, 1.54) is 7.11 Å². The van der Waals surface area contributed by atoms with Gasteiger partial charge < -0.3 is 19.9 Å². The second-order valence-electron chi connectivity index (χ2n) is 7.02. The predicted octanol–water partition coefficient (Wildman–Crippen LogP) is 2.23. The van der Waals surface area contributed by atoms with Crippen LogP contribution in [0.25, 0.3) is 0 Å². The number of benzene rings is 1. The topological polar surface area (TPSA) is 63.1 Å². The Morgan fingerprint density at radius 2 is 1.78 bits per heavy atom. The molecular formula is C20H33ClN3O3+. The number of ether oxygens (including phenoxy) is 1. The van der Waals surface area contributed by atoms with Gasteiger partial charge in [-0.3, -0.25) is 9.59 Å². The number of methoxy groups -OCH3 is 1. The lowest BCUT2D eigenvalue weighted by atomic mass is 10.1. The van der Waals surface area contributed by atoms with Crippen LogP contribution < -0.4 is 15.0 Å². The van der Waals surface area contributed by atoms with Crippen LogP contribution in [-0.2, 0) is 9.59 Å². The molecule has 0 aliphatic rings. The van der Waals surface area contributed by atoms with Gasteiger partial charge in [0.15, 0.2) is 13.1 Å². The Kier molecular flexibility index (Phi) is 9.60. The lowest BCUT2D eigenvalue weighted by Crippen LogP contribution is -3.11. The number of rotatable bonds is 10. The number of hydrogen-bond acceptors (Lipinski definition) is 3. The van der Waals surface area contributed by atoms with Gasteiger partial charge in [-0.1, -0.05) is 25.4 Å². The van der Waals surface area contributed by atoms with Crippen LogP contribution in [0.2, 0.25) is 5.02 Å². The first-order valence-electron chi connectivity index (χ1n) is 9.49. The summed E-state index contributed by atoms with van der Waals surface area (Å²) in [4.78, 5) is 27.9. The zero-order valence-corrected chi connectivity index (χ0v) is 18.0.